The number of aliphatic imine (C=N–C) groups is 1. The maximum Gasteiger partial charge on any atom is 0.269 e. The van der Waals surface area contributed by atoms with Crippen LogP contribution >= 0.6 is 0 Å². The Morgan fingerprint density at radius 2 is 2.21 bits per heavy atom. The van der Waals surface area contributed by atoms with Crippen LogP contribution in [-0.4, -0.2) is 57.6 Å². The van der Waals surface area contributed by atoms with E-state index >= 15 is 0 Å². The molecule has 1 N–H and O–H groups in total. The monoisotopic (exact) mass is 385 g/mol. The largest absolute Gasteiger partial charge is 0.356 e. The summed E-state index contributed by atoms with van der Waals surface area (Å²) in [4.78, 5) is 31.3. The van der Waals surface area contributed by atoms with Crippen molar-refractivity contribution >= 4 is 23.2 Å². The number of nitro groups is 1. The van der Waals surface area contributed by atoms with Crippen LogP contribution in [0.5, 0.6) is 0 Å². The van der Waals surface area contributed by atoms with E-state index in [2.05, 4.69) is 15.4 Å². The average molecular weight is 385 g/mol. The van der Waals surface area contributed by atoms with Gasteiger partial charge in [-0.05, 0) is 12.5 Å². The number of hydrogen-bond acceptors (Lipinski definition) is 5. The highest BCUT2D eigenvalue weighted by atomic mass is 16.6. The molecule has 3 rings (SSSR count). The molecule has 2 aromatic rings. The molecule has 0 bridgehead atoms. The van der Waals surface area contributed by atoms with Gasteiger partial charge in [0.1, 0.15) is 6.54 Å². The summed E-state index contributed by atoms with van der Waals surface area (Å²) >= 11 is 0. The summed E-state index contributed by atoms with van der Waals surface area (Å²) in [6, 6.07) is 6.41. The minimum Gasteiger partial charge on any atom is -0.356 e. The Bertz CT molecular complexity index is 893. The van der Waals surface area contributed by atoms with Crippen LogP contribution in [0.4, 0.5) is 11.4 Å². The summed E-state index contributed by atoms with van der Waals surface area (Å²) in [5.74, 6) is 0.591. The van der Waals surface area contributed by atoms with Crippen LogP contribution in [0, 0.1) is 10.1 Å². The second-order valence-electron chi connectivity index (χ2n) is 6.44. The van der Waals surface area contributed by atoms with Gasteiger partial charge in [-0.25, -0.2) is 4.99 Å². The van der Waals surface area contributed by atoms with Gasteiger partial charge in [-0.1, -0.05) is 12.1 Å². The van der Waals surface area contributed by atoms with Crippen molar-refractivity contribution in [1.29, 1.82) is 0 Å². The molecule has 0 unspecified atom stereocenters. The highest BCUT2D eigenvalue weighted by Gasteiger charge is 2.27. The van der Waals surface area contributed by atoms with Crippen molar-refractivity contribution in [3.05, 3.63) is 52.3 Å². The smallest absolute Gasteiger partial charge is 0.269 e. The van der Waals surface area contributed by atoms with Crippen LogP contribution in [0.3, 0.4) is 0 Å². The van der Waals surface area contributed by atoms with Gasteiger partial charge in [0.05, 0.1) is 23.4 Å². The number of nitro benzene ring substituents is 1. The minimum atomic E-state index is -0.422. The zero-order valence-corrected chi connectivity index (χ0v) is 15.9. The Morgan fingerprint density at radius 1 is 1.39 bits per heavy atom. The number of hydrogen-bond donors (Lipinski definition) is 1. The third-order valence-corrected chi connectivity index (χ3v) is 4.39. The number of anilines is 1. The molecule has 1 aromatic carbocycles. The predicted molar refractivity (Wildman–Crippen MR) is 105 cm³/mol. The number of nitrogens with zero attached hydrogens (tertiary/aromatic N) is 6. The number of carbonyl (C=O) groups is 1. The molecule has 2 heterocycles. The number of rotatable bonds is 5. The van der Waals surface area contributed by atoms with Gasteiger partial charge in [0.15, 0.2) is 5.96 Å². The first-order chi connectivity index (χ1) is 13.5. The highest BCUT2D eigenvalue weighted by molar-refractivity contribution is 5.98. The highest BCUT2D eigenvalue weighted by Crippen LogP contribution is 2.17. The van der Waals surface area contributed by atoms with Crippen molar-refractivity contribution in [3.63, 3.8) is 0 Å². The Labute approximate surface area is 162 Å². The van der Waals surface area contributed by atoms with E-state index < -0.39 is 4.92 Å². The van der Waals surface area contributed by atoms with Crippen molar-refractivity contribution in [2.75, 3.05) is 31.1 Å². The molecule has 1 aliphatic rings. The quantitative estimate of drug-likeness (QED) is 0.358. The molecule has 148 valence electrons. The number of guanidine groups is 1. The normalized spacial score (nSPS) is 15.1. The molecule has 1 saturated heterocycles. The van der Waals surface area contributed by atoms with Gasteiger partial charge in [0, 0.05) is 45.0 Å². The van der Waals surface area contributed by atoms with E-state index in [1.54, 1.807) is 27.9 Å². The lowest BCUT2D eigenvalue weighted by molar-refractivity contribution is -0.384. The molecule has 1 aliphatic heterocycles. The SMILES string of the molecule is CCNC(=NCc1cccc([N+](=O)[O-])c1)N1CCN(c2cnn(C)c2)C(=O)C1. The zero-order chi connectivity index (χ0) is 20.1. The first kappa shape index (κ1) is 19.3. The molecule has 0 spiro atoms. The Hall–Kier alpha value is -3.43. The number of nitrogens with one attached hydrogen (secondary N) is 1. The molecule has 1 fully saturated rings. The molecule has 0 atom stereocenters. The van der Waals surface area contributed by atoms with Gasteiger partial charge in [-0.15, -0.1) is 0 Å². The van der Waals surface area contributed by atoms with Gasteiger partial charge in [0.25, 0.3) is 5.69 Å². The predicted octanol–water partition coefficient (Wildman–Crippen LogP) is 1.14. The van der Waals surface area contributed by atoms with E-state index in [0.717, 1.165) is 11.3 Å². The van der Waals surface area contributed by atoms with Crippen LogP contribution in [-0.2, 0) is 18.4 Å². The van der Waals surface area contributed by atoms with E-state index in [9.17, 15) is 14.9 Å². The molecule has 28 heavy (non-hydrogen) atoms. The summed E-state index contributed by atoms with van der Waals surface area (Å²) in [5, 5.41) is 18.2. The van der Waals surface area contributed by atoms with Gasteiger partial charge < -0.3 is 15.1 Å². The summed E-state index contributed by atoms with van der Waals surface area (Å²) < 4.78 is 1.67. The van der Waals surface area contributed by atoms with E-state index in [4.69, 9.17) is 0 Å². The lowest BCUT2D eigenvalue weighted by Crippen LogP contribution is -2.55. The standard InChI is InChI=1S/C18H23N7O3/c1-3-19-18(20-10-14-5-4-6-15(9-14)25(27)28)23-7-8-24(17(26)13-23)16-11-21-22(2)12-16/h4-6,9,11-12H,3,7-8,10,13H2,1-2H3,(H,19,20). The van der Waals surface area contributed by atoms with Gasteiger partial charge in [-0.2, -0.15) is 5.10 Å². The van der Waals surface area contributed by atoms with Crippen molar-refractivity contribution in [3.8, 4) is 0 Å². The lowest BCUT2D eigenvalue weighted by Gasteiger charge is -2.35. The fraction of sp³-hybridized carbons (Fsp3) is 0.389. The molecular formula is C18H23N7O3. The maximum absolute atomic E-state index is 12.6. The third-order valence-electron chi connectivity index (χ3n) is 4.39. The fourth-order valence-electron chi connectivity index (χ4n) is 3.04. The molecule has 10 nitrogen and oxygen atoms in total. The summed E-state index contributed by atoms with van der Waals surface area (Å²) in [6.45, 7) is 4.27. The number of non-ortho nitro benzene ring substituents is 1. The van der Waals surface area contributed by atoms with Crippen LogP contribution in [0.1, 0.15) is 12.5 Å². The maximum atomic E-state index is 12.6. The van der Waals surface area contributed by atoms with E-state index in [1.165, 1.54) is 12.1 Å². The van der Waals surface area contributed by atoms with Gasteiger partial charge in [0.2, 0.25) is 5.91 Å². The van der Waals surface area contributed by atoms with E-state index in [1.807, 2.05) is 25.1 Å². The van der Waals surface area contributed by atoms with Crippen LogP contribution < -0.4 is 10.2 Å². The van der Waals surface area contributed by atoms with Crippen molar-refractivity contribution in [2.24, 2.45) is 12.0 Å². The Balaban J connectivity index is 1.70. The van der Waals surface area contributed by atoms with Gasteiger partial charge in [-0.3, -0.25) is 19.6 Å². The minimum absolute atomic E-state index is 0.0276. The average Bonchev–Trinajstić information content (AvgIpc) is 3.11. The molecular weight excluding hydrogens is 362 g/mol. The number of carbonyl (C=O) groups excluding carboxylic acids is 1. The molecule has 1 aromatic heterocycles. The number of aryl methyl sites for hydroxylation is 1. The summed E-state index contributed by atoms with van der Waals surface area (Å²) in [6.07, 6.45) is 3.49. The van der Waals surface area contributed by atoms with Crippen molar-refractivity contribution in [1.82, 2.24) is 20.0 Å². The fourth-order valence-corrected chi connectivity index (χ4v) is 3.04. The molecule has 0 saturated carbocycles. The van der Waals surface area contributed by atoms with Crippen molar-refractivity contribution in [2.45, 2.75) is 13.5 Å². The van der Waals surface area contributed by atoms with Crippen LogP contribution in [0.2, 0.25) is 0 Å². The first-order valence-electron chi connectivity index (χ1n) is 9.03. The molecule has 0 radical (unpaired) electrons. The molecule has 0 aliphatic carbocycles. The van der Waals surface area contributed by atoms with Crippen molar-refractivity contribution < 1.29 is 9.72 Å². The number of aromatic nitrogens is 2. The van der Waals surface area contributed by atoms with Gasteiger partial charge >= 0.3 is 0 Å². The van der Waals surface area contributed by atoms with Crippen LogP contribution in [0.25, 0.3) is 0 Å². The number of piperazine rings is 1. The second-order valence-corrected chi connectivity index (χ2v) is 6.44. The lowest BCUT2D eigenvalue weighted by atomic mass is 10.2. The summed E-state index contributed by atoms with van der Waals surface area (Å²) in [5.41, 5.74) is 1.56. The Morgan fingerprint density at radius 3 is 2.86 bits per heavy atom. The topological polar surface area (TPSA) is 109 Å². The number of benzene rings is 1. The molecule has 10 heteroatoms. The second kappa shape index (κ2) is 8.51. The third kappa shape index (κ3) is 4.45. The molecule has 1 amide bonds. The van der Waals surface area contributed by atoms with E-state index in [0.29, 0.717) is 32.1 Å². The summed E-state index contributed by atoms with van der Waals surface area (Å²) in [7, 11) is 1.81. The first-order valence-corrected chi connectivity index (χ1v) is 9.03. The zero-order valence-electron chi connectivity index (χ0n) is 15.9. The van der Waals surface area contributed by atoms with E-state index in [-0.39, 0.29) is 18.1 Å². The Kier molecular flexibility index (Phi) is 5.87. The van der Waals surface area contributed by atoms with Crippen LogP contribution in [0.15, 0.2) is 41.7 Å². The number of amides is 1.